The molecule has 2 rings (SSSR count). The van der Waals surface area contributed by atoms with E-state index in [9.17, 15) is 0 Å². The second-order valence-electron chi connectivity index (χ2n) is 8.35. The topological polar surface area (TPSA) is 15.3 Å². The zero-order chi connectivity index (χ0) is 14.8. The van der Waals surface area contributed by atoms with E-state index in [1.807, 2.05) is 0 Å². The molecule has 2 nitrogen and oxygen atoms in total. The van der Waals surface area contributed by atoms with Crippen molar-refractivity contribution in [2.75, 3.05) is 13.1 Å². The highest BCUT2D eigenvalue weighted by Crippen LogP contribution is 2.31. The number of hydrogen-bond acceptors (Lipinski definition) is 2. The fourth-order valence-corrected chi connectivity index (χ4v) is 4.03. The van der Waals surface area contributed by atoms with E-state index in [0.29, 0.717) is 11.5 Å². The van der Waals surface area contributed by atoms with E-state index >= 15 is 0 Å². The Morgan fingerprint density at radius 3 is 2.50 bits per heavy atom. The summed E-state index contributed by atoms with van der Waals surface area (Å²) in [5.74, 6) is 0.946. The fourth-order valence-electron chi connectivity index (χ4n) is 4.03. The van der Waals surface area contributed by atoms with Gasteiger partial charge in [0.15, 0.2) is 0 Å². The van der Waals surface area contributed by atoms with Crippen LogP contribution in [0.2, 0.25) is 0 Å². The van der Waals surface area contributed by atoms with Crippen LogP contribution in [-0.2, 0) is 0 Å². The third-order valence-electron chi connectivity index (χ3n) is 5.67. The van der Waals surface area contributed by atoms with Gasteiger partial charge in [-0.2, -0.15) is 0 Å². The van der Waals surface area contributed by atoms with E-state index in [0.717, 1.165) is 18.0 Å². The van der Waals surface area contributed by atoms with E-state index in [1.54, 1.807) is 0 Å². The molecule has 4 unspecified atom stereocenters. The first-order valence-electron chi connectivity index (χ1n) is 8.91. The van der Waals surface area contributed by atoms with Crippen molar-refractivity contribution < 1.29 is 0 Å². The number of piperazine rings is 1. The van der Waals surface area contributed by atoms with Crippen molar-refractivity contribution in [3.63, 3.8) is 0 Å². The minimum atomic E-state index is 0.370. The number of rotatable bonds is 2. The number of nitrogens with one attached hydrogen (secondary N) is 1. The van der Waals surface area contributed by atoms with Crippen LogP contribution in [0, 0.1) is 11.3 Å². The van der Waals surface area contributed by atoms with E-state index < -0.39 is 0 Å². The van der Waals surface area contributed by atoms with Crippen LogP contribution in [0.4, 0.5) is 0 Å². The van der Waals surface area contributed by atoms with Crippen LogP contribution in [0.3, 0.4) is 0 Å². The van der Waals surface area contributed by atoms with Crippen LogP contribution >= 0.6 is 0 Å². The van der Waals surface area contributed by atoms with E-state index in [2.05, 4.69) is 44.8 Å². The SMILES string of the molecule is CCC1CNC(C(C)(C)C)CN1C1CCCC(C)CC1. The summed E-state index contributed by atoms with van der Waals surface area (Å²) in [4.78, 5) is 2.88. The number of hydrogen-bond donors (Lipinski definition) is 1. The second-order valence-corrected chi connectivity index (χ2v) is 8.35. The molecular formula is C18H36N2. The van der Waals surface area contributed by atoms with Crippen LogP contribution in [0.1, 0.15) is 73.1 Å². The van der Waals surface area contributed by atoms with Gasteiger partial charge in [0, 0.05) is 31.2 Å². The standard InChI is InChI=1S/C18H36N2/c1-6-15-12-19-17(18(3,4)5)13-20(15)16-9-7-8-14(2)10-11-16/h14-17,19H,6-13H2,1-5H3. The summed E-state index contributed by atoms with van der Waals surface area (Å²) in [6, 6.07) is 2.25. The highest BCUT2D eigenvalue weighted by atomic mass is 15.3. The van der Waals surface area contributed by atoms with Gasteiger partial charge in [0.1, 0.15) is 0 Å². The molecule has 0 aromatic carbocycles. The van der Waals surface area contributed by atoms with Crippen LogP contribution in [0.25, 0.3) is 0 Å². The van der Waals surface area contributed by atoms with Gasteiger partial charge in [-0.1, -0.05) is 47.5 Å². The maximum Gasteiger partial charge on any atom is 0.0244 e. The molecular weight excluding hydrogens is 244 g/mol. The molecule has 1 aliphatic heterocycles. The Bertz CT molecular complexity index is 294. The van der Waals surface area contributed by atoms with Gasteiger partial charge in [-0.15, -0.1) is 0 Å². The molecule has 4 atom stereocenters. The van der Waals surface area contributed by atoms with Crippen molar-refractivity contribution in [3.05, 3.63) is 0 Å². The molecule has 2 fully saturated rings. The molecule has 1 saturated heterocycles. The minimum Gasteiger partial charge on any atom is -0.311 e. The summed E-state index contributed by atoms with van der Waals surface area (Å²) < 4.78 is 0. The van der Waals surface area contributed by atoms with Gasteiger partial charge < -0.3 is 5.32 Å². The van der Waals surface area contributed by atoms with E-state index in [-0.39, 0.29) is 0 Å². The summed E-state index contributed by atoms with van der Waals surface area (Å²) in [5, 5.41) is 3.81. The van der Waals surface area contributed by atoms with Gasteiger partial charge in [-0.3, -0.25) is 4.90 Å². The maximum atomic E-state index is 3.81. The highest BCUT2D eigenvalue weighted by Gasteiger charge is 2.36. The molecule has 1 heterocycles. The average Bonchev–Trinajstić information content (AvgIpc) is 2.61. The van der Waals surface area contributed by atoms with Crippen LogP contribution in [-0.4, -0.2) is 36.1 Å². The van der Waals surface area contributed by atoms with Gasteiger partial charge in [0.05, 0.1) is 0 Å². The van der Waals surface area contributed by atoms with Crippen molar-refractivity contribution in [1.29, 1.82) is 0 Å². The molecule has 0 spiro atoms. The lowest BCUT2D eigenvalue weighted by atomic mass is 9.83. The largest absolute Gasteiger partial charge is 0.311 e. The van der Waals surface area contributed by atoms with Gasteiger partial charge in [-0.05, 0) is 37.0 Å². The van der Waals surface area contributed by atoms with Gasteiger partial charge >= 0.3 is 0 Å². The summed E-state index contributed by atoms with van der Waals surface area (Å²) >= 11 is 0. The Hall–Kier alpha value is -0.0800. The molecule has 1 saturated carbocycles. The van der Waals surface area contributed by atoms with Gasteiger partial charge in [-0.25, -0.2) is 0 Å². The molecule has 0 bridgehead atoms. The zero-order valence-electron chi connectivity index (χ0n) is 14.4. The number of nitrogens with zero attached hydrogens (tertiary/aromatic N) is 1. The summed E-state index contributed by atoms with van der Waals surface area (Å²) in [5.41, 5.74) is 0.370. The first-order chi connectivity index (χ1) is 9.41. The molecule has 118 valence electrons. The minimum absolute atomic E-state index is 0.370. The first-order valence-corrected chi connectivity index (χ1v) is 8.91. The van der Waals surface area contributed by atoms with Crippen molar-refractivity contribution in [1.82, 2.24) is 10.2 Å². The van der Waals surface area contributed by atoms with Gasteiger partial charge in [0.25, 0.3) is 0 Å². The quantitative estimate of drug-likeness (QED) is 0.768. The lowest BCUT2D eigenvalue weighted by Gasteiger charge is -2.48. The molecule has 20 heavy (non-hydrogen) atoms. The van der Waals surface area contributed by atoms with Crippen molar-refractivity contribution >= 4 is 0 Å². The Morgan fingerprint density at radius 2 is 1.85 bits per heavy atom. The Kier molecular flexibility index (Phi) is 5.53. The lowest BCUT2D eigenvalue weighted by Crippen LogP contribution is -2.62. The Morgan fingerprint density at radius 1 is 1.10 bits per heavy atom. The molecule has 2 heteroatoms. The maximum absolute atomic E-state index is 3.81. The predicted molar refractivity (Wildman–Crippen MR) is 88.1 cm³/mol. The molecule has 0 aromatic rings. The van der Waals surface area contributed by atoms with Gasteiger partial charge in [0.2, 0.25) is 0 Å². The lowest BCUT2D eigenvalue weighted by molar-refractivity contribution is 0.0414. The Labute approximate surface area is 126 Å². The van der Waals surface area contributed by atoms with Crippen molar-refractivity contribution in [2.45, 2.75) is 91.3 Å². The first kappa shape index (κ1) is 16.3. The second kappa shape index (κ2) is 6.79. The third-order valence-corrected chi connectivity index (χ3v) is 5.67. The molecule has 0 amide bonds. The fraction of sp³-hybridized carbons (Fsp3) is 1.00. The highest BCUT2D eigenvalue weighted by molar-refractivity contribution is 4.94. The summed E-state index contributed by atoms with van der Waals surface area (Å²) in [6.45, 7) is 14.4. The molecule has 1 aliphatic carbocycles. The van der Waals surface area contributed by atoms with E-state index in [1.165, 1.54) is 51.6 Å². The molecule has 0 radical (unpaired) electrons. The Balaban J connectivity index is 2.04. The van der Waals surface area contributed by atoms with E-state index in [4.69, 9.17) is 0 Å². The van der Waals surface area contributed by atoms with Crippen molar-refractivity contribution in [3.8, 4) is 0 Å². The third kappa shape index (κ3) is 3.98. The summed E-state index contributed by atoms with van der Waals surface area (Å²) in [6.07, 6.45) is 8.46. The molecule has 2 aliphatic rings. The van der Waals surface area contributed by atoms with Crippen LogP contribution < -0.4 is 5.32 Å². The van der Waals surface area contributed by atoms with Crippen LogP contribution in [0.5, 0.6) is 0 Å². The summed E-state index contributed by atoms with van der Waals surface area (Å²) in [7, 11) is 0. The molecule has 1 N–H and O–H groups in total. The molecule has 0 aromatic heterocycles. The van der Waals surface area contributed by atoms with Crippen LogP contribution in [0.15, 0.2) is 0 Å². The normalized spacial score (nSPS) is 37.6. The van der Waals surface area contributed by atoms with Crippen molar-refractivity contribution in [2.24, 2.45) is 11.3 Å². The predicted octanol–water partition coefficient (Wildman–Crippen LogP) is 4.05. The average molecular weight is 280 g/mol. The zero-order valence-corrected chi connectivity index (χ0v) is 14.4. The monoisotopic (exact) mass is 280 g/mol. The smallest absolute Gasteiger partial charge is 0.0244 e.